The molecule has 0 saturated carbocycles. The Kier molecular flexibility index (Phi) is 5.01. The zero-order valence-corrected chi connectivity index (χ0v) is 12.5. The van der Waals surface area contributed by atoms with Crippen LogP contribution >= 0.6 is 0 Å². The highest BCUT2D eigenvalue weighted by Gasteiger charge is 2.12. The summed E-state index contributed by atoms with van der Waals surface area (Å²) in [5.41, 5.74) is 4.49. The van der Waals surface area contributed by atoms with Crippen molar-refractivity contribution in [3.05, 3.63) is 39.4 Å². The van der Waals surface area contributed by atoms with Gasteiger partial charge in [0.1, 0.15) is 8.07 Å². The zero-order valence-electron chi connectivity index (χ0n) is 11.5. The van der Waals surface area contributed by atoms with Crippen LogP contribution < -0.4 is 0 Å². The Morgan fingerprint density at radius 2 is 2.11 bits per heavy atom. The molecule has 0 unspecified atom stereocenters. The first-order valence-corrected chi connectivity index (χ1v) is 9.61. The lowest BCUT2D eigenvalue weighted by Crippen LogP contribution is -2.16. The van der Waals surface area contributed by atoms with Crippen LogP contribution in [0.1, 0.15) is 17.5 Å². The first kappa shape index (κ1) is 15.1. The molecule has 0 spiro atoms. The van der Waals surface area contributed by atoms with Crippen LogP contribution in [0.3, 0.4) is 0 Å². The van der Waals surface area contributed by atoms with Gasteiger partial charge in [-0.3, -0.25) is 10.1 Å². The number of nitrogens with zero attached hydrogens (tertiary/aromatic N) is 1. The molecule has 1 aromatic rings. The topological polar surface area (TPSA) is 67.0 Å². The van der Waals surface area contributed by atoms with Crippen molar-refractivity contribution in [2.75, 3.05) is 0 Å². The number of nitro benzene ring substituents is 1. The summed E-state index contributed by atoms with van der Waals surface area (Å²) in [6.45, 7) is 6.55. The lowest BCUT2D eigenvalue weighted by molar-refractivity contribution is -0.385. The van der Waals surface area contributed by atoms with Gasteiger partial charge in [-0.05, 0) is 18.1 Å². The summed E-state index contributed by atoms with van der Waals surface area (Å²) in [7, 11) is -1.34. The van der Waals surface area contributed by atoms with E-state index in [9.17, 15) is 10.1 Å². The highest BCUT2D eigenvalue weighted by atomic mass is 28.3. The van der Waals surface area contributed by atoms with Gasteiger partial charge in [0.05, 0.1) is 10.5 Å². The zero-order chi connectivity index (χ0) is 14.5. The summed E-state index contributed by atoms with van der Waals surface area (Å²) >= 11 is 0. The third-order valence-electron chi connectivity index (χ3n) is 2.45. The summed E-state index contributed by atoms with van der Waals surface area (Å²) in [6, 6.07) is 4.98. The van der Waals surface area contributed by atoms with Crippen LogP contribution in [0, 0.1) is 27.0 Å². The Bertz CT molecular complexity index is 551. The molecule has 0 bridgehead atoms. The van der Waals surface area contributed by atoms with Gasteiger partial charge in [-0.1, -0.05) is 25.7 Å². The molecule has 0 aliphatic heterocycles. The molecule has 0 heterocycles. The van der Waals surface area contributed by atoms with Crippen LogP contribution in [-0.2, 0) is 6.42 Å². The van der Waals surface area contributed by atoms with Gasteiger partial charge in [0.15, 0.2) is 0 Å². The van der Waals surface area contributed by atoms with Crippen molar-refractivity contribution in [1.29, 1.82) is 5.41 Å². The van der Waals surface area contributed by atoms with E-state index >= 15 is 0 Å². The molecule has 0 aliphatic carbocycles. The molecule has 0 atom stereocenters. The first-order valence-electron chi connectivity index (χ1n) is 6.11. The van der Waals surface area contributed by atoms with Gasteiger partial charge in [-0.25, -0.2) is 0 Å². The molecule has 0 aliphatic rings. The fourth-order valence-electron chi connectivity index (χ4n) is 1.56. The quantitative estimate of drug-likeness (QED) is 0.300. The number of nitrogens with one attached hydrogen (secondary N) is 1. The predicted octanol–water partition coefficient (Wildman–Crippen LogP) is 3.41. The van der Waals surface area contributed by atoms with Gasteiger partial charge in [0.2, 0.25) is 0 Å². The minimum atomic E-state index is -1.34. The Balaban J connectivity index is 2.80. The fraction of sp³-hybridized carbons (Fsp3) is 0.357. The maximum atomic E-state index is 10.9. The minimum Gasteiger partial charge on any atom is -0.308 e. The standard InChI is InChI=1S/C14H18N2O2Si/c1-19(2,3)9-5-4-6-12-7-8-13(11-15)14(10-12)16(17)18/h7-8,10-11,15H,4,6H2,1-3H3. The molecule has 0 saturated heterocycles. The van der Waals surface area contributed by atoms with Gasteiger partial charge < -0.3 is 5.41 Å². The molecule has 1 aromatic carbocycles. The third-order valence-corrected chi connectivity index (χ3v) is 3.38. The average molecular weight is 274 g/mol. The number of aryl methyl sites for hydroxylation is 1. The molecule has 0 aromatic heterocycles. The third kappa shape index (κ3) is 5.06. The highest BCUT2D eigenvalue weighted by molar-refractivity contribution is 6.83. The Morgan fingerprint density at radius 1 is 1.42 bits per heavy atom. The van der Waals surface area contributed by atoms with Crippen LogP contribution in [0.2, 0.25) is 19.6 Å². The molecular weight excluding hydrogens is 256 g/mol. The van der Waals surface area contributed by atoms with Gasteiger partial charge in [-0.2, -0.15) is 0 Å². The summed E-state index contributed by atoms with van der Waals surface area (Å²) in [6.07, 6.45) is 2.43. The monoisotopic (exact) mass is 274 g/mol. The van der Waals surface area contributed by atoms with E-state index in [-0.39, 0.29) is 5.69 Å². The lowest BCUT2D eigenvalue weighted by atomic mass is 10.1. The van der Waals surface area contributed by atoms with E-state index in [2.05, 4.69) is 31.1 Å². The smallest absolute Gasteiger partial charge is 0.278 e. The lowest BCUT2D eigenvalue weighted by Gasteiger charge is -2.04. The Hall–Kier alpha value is -1.93. The summed E-state index contributed by atoms with van der Waals surface area (Å²) < 4.78 is 0. The SMILES string of the molecule is C[Si](C)(C)C#CCCc1ccc(C=N)c([N+](=O)[O-])c1. The van der Waals surface area contributed by atoms with E-state index in [1.54, 1.807) is 6.07 Å². The minimum absolute atomic E-state index is 0.00865. The van der Waals surface area contributed by atoms with Crippen molar-refractivity contribution < 1.29 is 4.92 Å². The van der Waals surface area contributed by atoms with Crippen molar-refractivity contribution in [3.8, 4) is 11.5 Å². The molecule has 0 radical (unpaired) electrons. The molecule has 1 rings (SSSR count). The molecule has 100 valence electrons. The van der Waals surface area contributed by atoms with Crippen LogP contribution in [0.4, 0.5) is 5.69 Å². The summed E-state index contributed by atoms with van der Waals surface area (Å²) in [4.78, 5) is 10.4. The van der Waals surface area contributed by atoms with Gasteiger partial charge in [0, 0.05) is 18.7 Å². The van der Waals surface area contributed by atoms with Crippen molar-refractivity contribution in [2.24, 2.45) is 0 Å². The van der Waals surface area contributed by atoms with Gasteiger partial charge >= 0.3 is 0 Å². The molecule has 19 heavy (non-hydrogen) atoms. The maximum Gasteiger partial charge on any atom is 0.278 e. The second-order valence-electron chi connectivity index (χ2n) is 5.35. The fourth-order valence-corrected chi connectivity index (χ4v) is 2.21. The average Bonchev–Trinajstić information content (AvgIpc) is 2.33. The number of benzene rings is 1. The number of rotatable bonds is 4. The van der Waals surface area contributed by atoms with Crippen LogP contribution in [0.5, 0.6) is 0 Å². The number of hydrogen-bond donors (Lipinski definition) is 1. The molecule has 4 nitrogen and oxygen atoms in total. The summed E-state index contributed by atoms with van der Waals surface area (Å²) in [5.74, 6) is 3.15. The van der Waals surface area contributed by atoms with Gasteiger partial charge in [0.25, 0.3) is 5.69 Å². The molecule has 0 amide bonds. The summed E-state index contributed by atoms with van der Waals surface area (Å²) in [5, 5.41) is 18.0. The van der Waals surface area contributed by atoms with Crippen LogP contribution in [0.25, 0.3) is 0 Å². The maximum absolute atomic E-state index is 10.9. The van der Waals surface area contributed by atoms with E-state index < -0.39 is 13.0 Å². The second-order valence-corrected chi connectivity index (χ2v) is 10.1. The molecule has 5 heteroatoms. The van der Waals surface area contributed by atoms with E-state index in [0.29, 0.717) is 18.4 Å². The first-order chi connectivity index (χ1) is 8.83. The normalized spacial score (nSPS) is 10.5. The van der Waals surface area contributed by atoms with Crippen molar-refractivity contribution in [1.82, 2.24) is 0 Å². The van der Waals surface area contributed by atoms with E-state index in [1.807, 2.05) is 6.07 Å². The largest absolute Gasteiger partial charge is 0.308 e. The van der Waals surface area contributed by atoms with Crippen molar-refractivity contribution >= 4 is 20.0 Å². The van der Waals surface area contributed by atoms with E-state index in [0.717, 1.165) is 11.8 Å². The number of hydrogen-bond acceptors (Lipinski definition) is 3. The second kappa shape index (κ2) is 6.30. The highest BCUT2D eigenvalue weighted by Crippen LogP contribution is 2.19. The molecule has 0 fully saturated rings. The molecule has 1 N–H and O–H groups in total. The van der Waals surface area contributed by atoms with Gasteiger partial charge in [-0.15, -0.1) is 11.5 Å². The van der Waals surface area contributed by atoms with E-state index in [4.69, 9.17) is 5.41 Å². The van der Waals surface area contributed by atoms with Crippen LogP contribution in [-0.4, -0.2) is 19.2 Å². The number of nitro groups is 1. The Labute approximate surface area is 114 Å². The van der Waals surface area contributed by atoms with Crippen LogP contribution in [0.15, 0.2) is 18.2 Å². The van der Waals surface area contributed by atoms with Crippen molar-refractivity contribution in [3.63, 3.8) is 0 Å². The Morgan fingerprint density at radius 3 is 2.63 bits per heavy atom. The predicted molar refractivity (Wildman–Crippen MR) is 80.4 cm³/mol. The molecular formula is C14H18N2O2Si. The van der Waals surface area contributed by atoms with Crippen molar-refractivity contribution in [2.45, 2.75) is 32.5 Å². The van der Waals surface area contributed by atoms with E-state index in [1.165, 1.54) is 6.07 Å².